The predicted molar refractivity (Wildman–Crippen MR) is 159 cm³/mol. The maximum Gasteiger partial charge on any atom is 0.248 e. The molecule has 0 N–H and O–H groups in total. The summed E-state index contributed by atoms with van der Waals surface area (Å²) in [4.78, 5) is 29.1. The Morgan fingerprint density at radius 2 is 1.49 bits per heavy atom. The molecule has 0 radical (unpaired) electrons. The summed E-state index contributed by atoms with van der Waals surface area (Å²) < 4.78 is 6.32. The molecule has 3 aliphatic rings. The number of aromatic nitrogens is 4. The van der Waals surface area contributed by atoms with Gasteiger partial charge in [0.25, 0.3) is 0 Å². The summed E-state index contributed by atoms with van der Waals surface area (Å²) in [6, 6.07) is 8.39. The molecule has 0 bridgehead atoms. The van der Waals surface area contributed by atoms with E-state index in [1.165, 1.54) is 37.9 Å². The average molecular weight is 577 g/mol. The number of amides is 1. The highest BCUT2D eigenvalue weighted by Gasteiger charge is 2.31. The monoisotopic (exact) mass is 576 g/mol. The quantitative estimate of drug-likeness (QED) is 0.307. The number of hydrogen-bond donors (Lipinski definition) is 0. The zero-order valence-corrected chi connectivity index (χ0v) is 24.9. The molecule has 9 nitrogen and oxygen atoms in total. The minimum absolute atomic E-state index is 0.0299. The van der Waals surface area contributed by atoms with Gasteiger partial charge < -0.3 is 9.64 Å². The fourth-order valence-corrected chi connectivity index (χ4v) is 7.40. The molecule has 3 aromatic rings. The number of carbonyl (C=O) groups is 1. The fraction of sp³-hybridized carbons (Fsp3) is 0.581. The number of anilines is 1. The van der Waals surface area contributed by atoms with Crippen molar-refractivity contribution in [1.29, 1.82) is 0 Å². The third-order valence-electron chi connectivity index (χ3n) is 8.97. The summed E-state index contributed by atoms with van der Waals surface area (Å²) in [5, 5.41) is 12.3. The molecular weight excluding hydrogens is 536 g/mol. The maximum absolute atomic E-state index is 12.4. The van der Waals surface area contributed by atoms with Gasteiger partial charge in [-0.2, -0.15) is 0 Å². The summed E-state index contributed by atoms with van der Waals surface area (Å²) in [6.45, 7) is 1.89. The molecule has 6 rings (SSSR count). The van der Waals surface area contributed by atoms with Crippen LogP contribution in [-0.2, 0) is 14.4 Å². The Hall–Kier alpha value is -2.95. The molecule has 41 heavy (non-hydrogen) atoms. The van der Waals surface area contributed by atoms with Gasteiger partial charge in [-0.05, 0) is 56.9 Å². The van der Waals surface area contributed by atoms with Crippen molar-refractivity contribution in [3.8, 4) is 21.7 Å². The number of benzene rings is 1. The van der Waals surface area contributed by atoms with Gasteiger partial charge in [0.05, 0.1) is 19.3 Å². The number of piperidine rings is 1. The van der Waals surface area contributed by atoms with Crippen molar-refractivity contribution in [1.82, 2.24) is 25.2 Å². The van der Waals surface area contributed by atoms with Crippen molar-refractivity contribution >= 4 is 23.2 Å². The summed E-state index contributed by atoms with van der Waals surface area (Å²) in [6.07, 6.45) is 15.5. The van der Waals surface area contributed by atoms with E-state index in [1.807, 2.05) is 12.4 Å². The minimum Gasteiger partial charge on any atom is -0.375 e. The number of rotatable bonds is 8. The summed E-state index contributed by atoms with van der Waals surface area (Å²) in [7, 11) is 3.20. The van der Waals surface area contributed by atoms with E-state index >= 15 is 0 Å². The van der Waals surface area contributed by atoms with Crippen LogP contribution < -0.4 is 4.90 Å². The molecule has 1 aliphatic heterocycles. The van der Waals surface area contributed by atoms with Gasteiger partial charge in [0, 0.05) is 55.5 Å². The van der Waals surface area contributed by atoms with Crippen molar-refractivity contribution in [2.75, 3.05) is 32.1 Å². The van der Waals surface area contributed by atoms with Gasteiger partial charge in [0.1, 0.15) is 10.0 Å². The van der Waals surface area contributed by atoms with Crippen LogP contribution in [-0.4, -0.2) is 70.6 Å². The number of ether oxygens (including phenoxy) is 1. The second-order valence-electron chi connectivity index (χ2n) is 11.6. The van der Waals surface area contributed by atoms with Gasteiger partial charge in [-0.3, -0.25) is 9.63 Å². The second-order valence-corrected chi connectivity index (χ2v) is 12.6. The van der Waals surface area contributed by atoms with E-state index in [4.69, 9.17) is 19.5 Å². The highest BCUT2D eigenvalue weighted by atomic mass is 32.1. The molecule has 3 fully saturated rings. The van der Waals surface area contributed by atoms with Crippen molar-refractivity contribution in [2.24, 2.45) is 5.92 Å². The Morgan fingerprint density at radius 3 is 2.15 bits per heavy atom. The largest absolute Gasteiger partial charge is 0.375 e. The molecule has 0 spiro atoms. The maximum atomic E-state index is 12.4. The molecule has 0 atom stereocenters. The number of carbonyl (C=O) groups excluding carboxylic acids is 1. The Balaban J connectivity index is 1.02. The van der Waals surface area contributed by atoms with Crippen molar-refractivity contribution < 1.29 is 14.4 Å². The highest BCUT2D eigenvalue weighted by Crippen LogP contribution is 2.39. The topological polar surface area (TPSA) is 93.6 Å². The van der Waals surface area contributed by atoms with Crippen LogP contribution in [0.25, 0.3) is 21.7 Å². The molecule has 2 saturated carbocycles. The molecule has 1 amide bonds. The molecule has 2 aliphatic carbocycles. The molecule has 10 heteroatoms. The van der Waals surface area contributed by atoms with Crippen LogP contribution >= 0.6 is 11.3 Å². The first kappa shape index (κ1) is 28.2. The van der Waals surface area contributed by atoms with E-state index in [-0.39, 0.29) is 11.8 Å². The fourth-order valence-electron chi connectivity index (χ4n) is 6.38. The zero-order valence-electron chi connectivity index (χ0n) is 24.1. The Morgan fingerprint density at radius 1 is 0.854 bits per heavy atom. The second kappa shape index (κ2) is 12.9. The van der Waals surface area contributed by atoms with Gasteiger partial charge in [0.2, 0.25) is 11.9 Å². The van der Waals surface area contributed by atoms with E-state index in [9.17, 15) is 4.79 Å². The SMILES string of the molecule is CON(C)C(=O)[C@H]1CC[C@H](c2nnc(-c3ccc(-c4cnc(N5CCC(OC6CCCC6)CC5)nc4)cc3)s2)CC1. The van der Waals surface area contributed by atoms with Gasteiger partial charge in [-0.25, -0.2) is 15.0 Å². The number of hydrogen-bond acceptors (Lipinski definition) is 9. The predicted octanol–water partition coefficient (Wildman–Crippen LogP) is 5.88. The normalized spacial score (nSPS) is 22.2. The van der Waals surface area contributed by atoms with Crippen LogP contribution in [0.2, 0.25) is 0 Å². The molecule has 1 saturated heterocycles. The van der Waals surface area contributed by atoms with Crippen LogP contribution in [0.1, 0.15) is 75.1 Å². The highest BCUT2D eigenvalue weighted by molar-refractivity contribution is 7.14. The molecular formula is C31H40N6O3S. The third-order valence-corrected chi connectivity index (χ3v) is 10.1. The molecule has 3 heterocycles. The van der Waals surface area contributed by atoms with E-state index < -0.39 is 0 Å². The van der Waals surface area contributed by atoms with E-state index in [1.54, 1.807) is 18.4 Å². The van der Waals surface area contributed by atoms with Gasteiger partial charge in [0.15, 0.2) is 0 Å². The van der Waals surface area contributed by atoms with E-state index in [0.29, 0.717) is 18.1 Å². The van der Waals surface area contributed by atoms with Gasteiger partial charge >= 0.3 is 0 Å². The first-order valence-electron chi connectivity index (χ1n) is 15.1. The summed E-state index contributed by atoms with van der Waals surface area (Å²) >= 11 is 1.66. The first-order chi connectivity index (χ1) is 20.1. The molecule has 1 aromatic carbocycles. The van der Waals surface area contributed by atoms with Crippen LogP contribution in [0.5, 0.6) is 0 Å². The molecule has 218 valence electrons. The summed E-state index contributed by atoms with van der Waals surface area (Å²) in [5.41, 5.74) is 3.14. The van der Waals surface area contributed by atoms with Gasteiger partial charge in [-0.1, -0.05) is 48.4 Å². The molecule has 0 unspecified atom stereocenters. The lowest BCUT2D eigenvalue weighted by Crippen LogP contribution is -2.39. The van der Waals surface area contributed by atoms with Crippen molar-refractivity contribution in [3.05, 3.63) is 41.7 Å². The van der Waals surface area contributed by atoms with Crippen LogP contribution in [0, 0.1) is 5.92 Å². The van der Waals surface area contributed by atoms with Crippen molar-refractivity contribution in [2.45, 2.75) is 82.3 Å². The standard InChI is InChI=1S/C31H40N6O3S/c1-36(39-2)30(38)24-13-11-23(12-14-24)29-35-34-28(41-29)22-9-7-21(8-10-22)25-19-32-31(33-20-25)37-17-15-27(16-18-37)40-26-5-3-4-6-26/h7-10,19-20,23-24,26-27H,3-6,11-18H2,1-2H3/t23-,24-. The Labute approximate surface area is 246 Å². The van der Waals surface area contributed by atoms with Crippen molar-refractivity contribution in [3.63, 3.8) is 0 Å². The lowest BCUT2D eigenvalue weighted by molar-refractivity contribution is -0.174. The number of hydroxylamine groups is 2. The molecule has 2 aromatic heterocycles. The Kier molecular flexibility index (Phi) is 8.88. The average Bonchev–Trinajstić information content (AvgIpc) is 3.74. The van der Waals surface area contributed by atoms with E-state index in [0.717, 1.165) is 84.3 Å². The lowest BCUT2D eigenvalue weighted by atomic mass is 9.82. The third kappa shape index (κ3) is 6.60. The smallest absolute Gasteiger partial charge is 0.248 e. The van der Waals surface area contributed by atoms with Crippen LogP contribution in [0.3, 0.4) is 0 Å². The summed E-state index contributed by atoms with van der Waals surface area (Å²) in [5.74, 6) is 1.25. The minimum atomic E-state index is 0.0299. The van der Waals surface area contributed by atoms with E-state index in [2.05, 4.69) is 39.4 Å². The van der Waals surface area contributed by atoms with Crippen LogP contribution in [0.15, 0.2) is 36.7 Å². The zero-order chi connectivity index (χ0) is 28.2. The Bertz CT molecular complexity index is 1280. The first-order valence-corrected chi connectivity index (χ1v) is 15.9. The van der Waals surface area contributed by atoms with Crippen LogP contribution in [0.4, 0.5) is 5.95 Å². The lowest BCUT2D eigenvalue weighted by Gasteiger charge is -2.33. The van der Waals surface area contributed by atoms with Gasteiger partial charge in [-0.15, -0.1) is 10.2 Å². The number of nitrogens with zero attached hydrogens (tertiary/aromatic N) is 6.